The van der Waals surface area contributed by atoms with Crippen molar-refractivity contribution >= 4 is 22.7 Å². The molecule has 0 atom stereocenters. The fourth-order valence-electron chi connectivity index (χ4n) is 2.52. The minimum atomic E-state index is -0.477. The van der Waals surface area contributed by atoms with E-state index in [1.807, 2.05) is 0 Å². The first-order valence-electron chi connectivity index (χ1n) is 7.08. The quantitative estimate of drug-likeness (QED) is 0.687. The van der Waals surface area contributed by atoms with Gasteiger partial charge in [0.2, 0.25) is 11.7 Å². The van der Waals surface area contributed by atoms with E-state index >= 15 is 0 Å². The first-order chi connectivity index (χ1) is 11.5. The Labute approximate surface area is 137 Å². The summed E-state index contributed by atoms with van der Waals surface area (Å²) in [5, 5.41) is 0.712. The van der Waals surface area contributed by atoms with Crippen LogP contribution >= 0.6 is 0 Å². The second-order valence-electron chi connectivity index (χ2n) is 5.08. The SMILES string of the molecule is COc1cc(Cc2cnc(N)nc2N)c2ccc(=O)oc2c1OC. The molecule has 1 aromatic carbocycles. The molecule has 0 unspecified atom stereocenters. The molecule has 0 fully saturated rings. The number of methoxy groups -OCH3 is 2. The highest BCUT2D eigenvalue weighted by molar-refractivity contribution is 5.88. The Hall–Kier alpha value is -3.29. The third-order valence-corrected chi connectivity index (χ3v) is 3.64. The van der Waals surface area contributed by atoms with E-state index in [4.69, 9.17) is 25.4 Å². The largest absolute Gasteiger partial charge is 0.493 e. The topological polar surface area (TPSA) is 126 Å². The van der Waals surface area contributed by atoms with Gasteiger partial charge < -0.3 is 25.4 Å². The average Bonchev–Trinajstić information content (AvgIpc) is 2.56. The van der Waals surface area contributed by atoms with Crippen molar-refractivity contribution in [3.8, 4) is 11.5 Å². The van der Waals surface area contributed by atoms with Crippen LogP contribution in [0.5, 0.6) is 11.5 Å². The molecule has 124 valence electrons. The Morgan fingerprint density at radius 1 is 1.17 bits per heavy atom. The molecule has 0 amide bonds. The molecule has 0 saturated heterocycles. The monoisotopic (exact) mass is 328 g/mol. The average molecular weight is 328 g/mol. The van der Waals surface area contributed by atoms with Gasteiger partial charge >= 0.3 is 5.63 Å². The highest BCUT2D eigenvalue weighted by Gasteiger charge is 2.17. The molecule has 4 N–H and O–H groups in total. The smallest absolute Gasteiger partial charge is 0.336 e. The van der Waals surface area contributed by atoms with E-state index in [9.17, 15) is 4.79 Å². The third-order valence-electron chi connectivity index (χ3n) is 3.64. The van der Waals surface area contributed by atoms with Gasteiger partial charge in [-0.2, -0.15) is 4.98 Å². The summed E-state index contributed by atoms with van der Waals surface area (Å²) in [6, 6.07) is 4.82. The number of nitrogen functional groups attached to an aromatic ring is 2. The fourth-order valence-corrected chi connectivity index (χ4v) is 2.52. The lowest BCUT2D eigenvalue weighted by Crippen LogP contribution is -2.05. The van der Waals surface area contributed by atoms with Crippen molar-refractivity contribution in [1.29, 1.82) is 0 Å². The van der Waals surface area contributed by atoms with Crippen LogP contribution in [0.3, 0.4) is 0 Å². The molecule has 3 aromatic rings. The Bertz CT molecular complexity index is 968. The maximum Gasteiger partial charge on any atom is 0.336 e. The Morgan fingerprint density at radius 3 is 2.62 bits per heavy atom. The van der Waals surface area contributed by atoms with E-state index in [1.165, 1.54) is 20.3 Å². The van der Waals surface area contributed by atoms with Crippen molar-refractivity contribution in [1.82, 2.24) is 9.97 Å². The molecule has 2 aromatic heterocycles. The van der Waals surface area contributed by atoms with Crippen molar-refractivity contribution < 1.29 is 13.9 Å². The van der Waals surface area contributed by atoms with Crippen LogP contribution in [0.4, 0.5) is 11.8 Å². The number of ether oxygens (including phenoxy) is 2. The van der Waals surface area contributed by atoms with Gasteiger partial charge in [0.05, 0.1) is 14.2 Å². The summed E-state index contributed by atoms with van der Waals surface area (Å²) >= 11 is 0. The predicted molar refractivity (Wildman–Crippen MR) is 89.3 cm³/mol. The zero-order chi connectivity index (χ0) is 17.3. The molecule has 8 heteroatoms. The van der Waals surface area contributed by atoms with E-state index < -0.39 is 5.63 Å². The number of fused-ring (bicyclic) bond motifs is 1. The normalized spacial score (nSPS) is 10.8. The van der Waals surface area contributed by atoms with Gasteiger partial charge in [0, 0.05) is 29.6 Å². The number of hydrogen-bond donors (Lipinski definition) is 2. The van der Waals surface area contributed by atoms with Crippen LogP contribution in [0.25, 0.3) is 11.0 Å². The molecule has 0 radical (unpaired) electrons. The van der Waals surface area contributed by atoms with Crippen LogP contribution in [0, 0.1) is 0 Å². The highest BCUT2D eigenvalue weighted by Crippen LogP contribution is 2.38. The molecule has 8 nitrogen and oxygen atoms in total. The molecule has 3 rings (SSSR count). The van der Waals surface area contributed by atoms with Crippen LogP contribution in [0.2, 0.25) is 0 Å². The molecule has 0 aliphatic heterocycles. The van der Waals surface area contributed by atoms with Gasteiger partial charge in [-0.05, 0) is 17.7 Å². The molecule has 0 spiro atoms. The van der Waals surface area contributed by atoms with Crippen LogP contribution in [0.15, 0.2) is 33.6 Å². The molecule has 0 bridgehead atoms. The van der Waals surface area contributed by atoms with Gasteiger partial charge in [-0.15, -0.1) is 0 Å². The number of aromatic nitrogens is 2. The van der Waals surface area contributed by atoms with Gasteiger partial charge in [-0.1, -0.05) is 0 Å². The van der Waals surface area contributed by atoms with E-state index in [0.717, 1.165) is 5.56 Å². The lowest BCUT2D eigenvalue weighted by atomic mass is 10.0. The lowest BCUT2D eigenvalue weighted by molar-refractivity contribution is 0.351. The highest BCUT2D eigenvalue weighted by atomic mass is 16.5. The Kier molecular flexibility index (Phi) is 3.95. The molecule has 24 heavy (non-hydrogen) atoms. The van der Waals surface area contributed by atoms with Crippen molar-refractivity contribution in [2.24, 2.45) is 0 Å². The molecule has 0 saturated carbocycles. The number of rotatable bonds is 4. The number of benzene rings is 1. The minimum absolute atomic E-state index is 0.111. The fraction of sp³-hybridized carbons (Fsp3) is 0.188. The van der Waals surface area contributed by atoms with Gasteiger partial charge in [-0.25, -0.2) is 9.78 Å². The van der Waals surface area contributed by atoms with Crippen LogP contribution in [0.1, 0.15) is 11.1 Å². The first-order valence-corrected chi connectivity index (χ1v) is 7.08. The Morgan fingerprint density at radius 2 is 1.96 bits per heavy atom. The summed E-state index contributed by atoms with van der Waals surface area (Å²) in [5.74, 6) is 1.21. The third kappa shape index (κ3) is 2.69. The van der Waals surface area contributed by atoms with E-state index in [2.05, 4.69) is 9.97 Å². The summed E-state index contributed by atoms with van der Waals surface area (Å²) in [6.07, 6.45) is 1.98. The van der Waals surface area contributed by atoms with E-state index in [0.29, 0.717) is 40.3 Å². The standard InChI is InChI=1S/C16H16N4O4/c1-22-11-6-8(5-9-7-19-16(18)20-15(9)17)10-3-4-12(21)24-13(10)14(11)23-2/h3-4,6-7H,5H2,1-2H3,(H4,17,18,19,20). The number of anilines is 2. The van der Waals surface area contributed by atoms with Gasteiger partial charge in [0.1, 0.15) is 5.82 Å². The summed E-state index contributed by atoms with van der Waals surface area (Å²) in [6.45, 7) is 0. The molecular formula is C16H16N4O4. The lowest BCUT2D eigenvalue weighted by Gasteiger charge is -2.14. The first kappa shape index (κ1) is 15.6. The maximum absolute atomic E-state index is 11.6. The summed E-state index contributed by atoms with van der Waals surface area (Å²) in [4.78, 5) is 19.5. The van der Waals surface area contributed by atoms with Crippen molar-refractivity contribution in [3.63, 3.8) is 0 Å². The predicted octanol–water partition coefficient (Wildman–Crippen LogP) is 1.36. The number of nitrogens with zero attached hydrogens (tertiary/aromatic N) is 2. The van der Waals surface area contributed by atoms with Crippen LogP contribution < -0.4 is 26.6 Å². The second-order valence-corrected chi connectivity index (χ2v) is 5.08. The zero-order valence-electron chi connectivity index (χ0n) is 13.2. The number of nitrogens with two attached hydrogens (primary N) is 2. The van der Waals surface area contributed by atoms with Crippen LogP contribution in [-0.2, 0) is 6.42 Å². The molecule has 0 aliphatic rings. The zero-order valence-corrected chi connectivity index (χ0v) is 13.2. The van der Waals surface area contributed by atoms with Crippen LogP contribution in [-0.4, -0.2) is 24.2 Å². The molecule has 0 aliphatic carbocycles. The van der Waals surface area contributed by atoms with Gasteiger partial charge in [0.15, 0.2) is 11.3 Å². The van der Waals surface area contributed by atoms with E-state index in [1.54, 1.807) is 18.3 Å². The maximum atomic E-state index is 11.6. The summed E-state index contributed by atoms with van der Waals surface area (Å²) < 4.78 is 16.0. The summed E-state index contributed by atoms with van der Waals surface area (Å²) in [7, 11) is 2.99. The number of hydrogen-bond acceptors (Lipinski definition) is 8. The van der Waals surface area contributed by atoms with Crippen molar-refractivity contribution in [2.45, 2.75) is 6.42 Å². The Balaban J connectivity index is 2.22. The van der Waals surface area contributed by atoms with Crippen molar-refractivity contribution in [3.05, 3.63) is 45.9 Å². The van der Waals surface area contributed by atoms with Gasteiger partial charge in [-0.3, -0.25) is 0 Å². The van der Waals surface area contributed by atoms with Crippen molar-refractivity contribution in [2.75, 3.05) is 25.7 Å². The minimum Gasteiger partial charge on any atom is -0.493 e. The van der Waals surface area contributed by atoms with Gasteiger partial charge in [0.25, 0.3) is 0 Å². The molecular weight excluding hydrogens is 312 g/mol. The summed E-state index contributed by atoms with van der Waals surface area (Å²) in [5.41, 5.74) is 12.8. The van der Waals surface area contributed by atoms with E-state index in [-0.39, 0.29) is 5.95 Å². The second kappa shape index (κ2) is 6.07. The molecule has 2 heterocycles.